The van der Waals surface area contributed by atoms with Crippen LogP contribution in [0.25, 0.3) is 4.91 Å². The summed E-state index contributed by atoms with van der Waals surface area (Å²) in [5.41, 5.74) is 2.11. The molecule has 0 saturated carbocycles. The van der Waals surface area contributed by atoms with Gasteiger partial charge in [-0.05, 0) is 31.3 Å². The molecule has 4 nitrogen and oxygen atoms in total. The minimum Gasteiger partial charge on any atom is -0.297 e. The lowest BCUT2D eigenvalue weighted by Gasteiger charge is -2.34. The lowest BCUT2D eigenvalue weighted by atomic mass is 9.96. The van der Waals surface area contributed by atoms with Gasteiger partial charge < -0.3 is 0 Å². The van der Waals surface area contributed by atoms with Gasteiger partial charge in [0, 0.05) is 9.83 Å². The van der Waals surface area contributed by atoms with Gasteiger partial charge >= 0.3 is 0 Å². The quantitative estimate of drug-likeness (QED) is 0.621. The van der Waals surface area contributed by atoms with Gasteiger partial charge in [0.1, 0.15) is 5.25 Å². The van der Waals surface area contributed by atoms with E-state index < -0.39 is 6.04 Å². The molecule has 0 saturated heterocycles. The predicted octanol–water partition coefficient (Wildman–Crippen LogP) is 4.09. The molecule has 0 unspecified atom stereocenters. The Bertz CT molecular complexity index is 732. The Hall–Kier alpha value is -2.11. The molecule has 1 aliphatic rings. The number of nitrogens with zero attached hydrogens (tertiary/aromatic N) is 2. The van der Waals surface area contributed by atoms with Crippen LogP contribution in [0.2, 0.25) is 0 Å². The van der Waals surface area contributed by atoms with E-state index in [-0.39, 0.29) is 16.2 Å². The van der Waals surface area contributed by atoms with E-state index in [1.807, 2.05) is 73.6 Å². The number of likely N-dealkylation sites (N-methyl/N-ethyl adjacent to an activating group) is 1. The summed E-state index contributed by atoms with van der Waals surface area (Å²) in [5, 5.41) is 11.6. The van der Waals surface area contributed by atoms with Crippen molar-refractivity contribution in [2.24, 2.45) is 0 Å². The average Bonchev–Trinajstić information content (AvgIpc) is 2.62. The van der Waals surface area contributed by atoms with Crippen LogP contribution in [-0.2, 0) is 0 Å². The summed E-state index contributed by atoms with van der Waals surface area (Å²) >= 11 is 1.59. The maximum atomic E-state index is 11.8. The zero-order chi connectivity index (χ0) is 17.1. The second-order valence-electron chi connectivity index (χ2n) is 6.08. The first kappa shape index (κ1) is 16.7. The molecule has 0 aromatic heterocycles. The summed E-state index contributed by atoms with van der Waals surface area (Å²) < 4.78 is 0. The zero-order valence-corrected chi connectivity index (χ0v) is 14.5. The normalized spacial score (nSPS) is 23.8. The summed E-state index contributed by atoms with van der Waals surface area (Å²) in [6, 6.07) is 18.9. The molecule has 0 N–H and O–H groups in total. The zero-order valence-electron chi connectivity index (χ0n) is 13.7. The lowest BCUT2D eigenvalue weighted by molar-refractivity contribution is -0.528. The van der Waals surface area contributed by atoms with Gasteiger partial charge in [-0.1, -0.05) is 60.7 Å². The third kappa shape index (κ3) is 3.37. The highest BCUT2D eigenvalue weighted by atomic mass is 32.2. The molecule has 0 radical (unpaired) electrons. The molecule has 0 fully saturated rings. The Labute approximate surface area is 146 Å². The number of rotatable bonds is 4. The van der Waals surface area contributed by atoms with Crippen molar-refractivity contribution in [3.05, 3.63) is 88.0 Å². The van der Waals surface area contributed by atoms with E-state index in [9.17, 15) is 10.1 Å². The lowest BCUT2D eigenvalue weighted by Crippen LogP contribution is -2.46. The van der Waals surface area contributed by atoms with E-state index in [0.29, 0.717) is 0 Å². The van der Waals surface area contributed by atoms with Crippen molar-refractivity contribution in [1.82, 2.24) is 4.90 Å². The summed E-state index contributed by atoms with van der Waals surface area (Å²) in [6.45, 7) is 0. The number of nitro groups is 1. The standard InChI is InChI=1S/C19H20N2O2S/c1-20(2)16-13-17(14-9-5-3-6-10-14)24-19(18(16)21(22)23)15-11-7-4-8-12-15/h3-13,16,18-19H,1-2H3/t16-,18+,19-/m1/s1. The maximum Gasteiger partial charge on any atom is 0.247 e. The van der Waals surface area contributed by atoms with Crippen molar-refractivity contribution >= 4 is 16.7 Å². The van der Waals surface area contributed by atoms with Crippen LogP contribution in [0.4, 0.5) is 0 Å². The first-order valence-electron chi connectivity index (χ1n) is 7.86. The van der Waals surface area contributed by atoms with Crippen LogP contribution in [0.1, 0.15) is 16.4 Å². The van der Waals surface area contributed by atoms with Crippen LogP contribution in [0.3, 0.4) is 0 Å². The van der Waals surface area contributed by atoms with E-state index >= 15 is 0 Å². The highest BCUT2D eigenvalue weighted by Crippen LogP contribution is 2.48. The van der Waals surface area contributed by atoms with Gasteiger partial charge in [0.25, 0.3) is 0 Å². The van der Waals surface area contributed by atoms with E-state index in [4.69, 9.17) is 0 Å². The van der Waals surface area contributed by atoms with Crippen LogP contribution >= 0.6 is 11.8 Å². The van der Waals surface area contributed by atoms with Crippen LogP contribution in [0.15, 0.2) is 66.7 Å². The molecule has 0 aliphatic carbocycles. The SMILES string of the molecule is CN(C)[C@@H]1C=C(c2ccccc2)S[C@H](c2ccccc2)[C@H]1[N+](=O)[O-]. The van der Waals surface area contributed by atoms with Crippen molar-refractivity contribution in [2.75, 3.05) is 14.1 Å². The summed E-state index contributed by atoms with van der Waals surface area (Å²) in [4.78, 5) is 14.7. The monoisotopic (exact) mass is 340 g/mol. The van der Waals surface area contributed by atoms with Crippen LogP contribution in [0, 0.1) is 10.1 Å². The number of hydrogen-bond donors (Lipinski definition) is 0. The molecule has 24 heavy (non-hydrogen) atoms. The second kappa shape index (κ2) is 7.20. The van der Waals surface area contributed by atoms with Gasteiger partial charge in [-0.15, -0.1) is 11.8 Å². The third-order valence-electron chi connectivity index (χ3n) is 4.26. The number of benzene rings is 2. The average molecular weight is 340 g/mol. The van der Waals surface area contributed by atoms with Gasteiger partial charge in [0.2, 0.25) is 6.04 Å². The van der Waals surface area contributed by atoms with Crippen molar-refractivity contribution in [1.29, 1.82) is 0 Å². The Morgan fingerprint density at radius 2 is 1.58 bits per heavy atom. The molecular formula is C19H20N2O2S. The largest absolute Gasteiger partial charge is 0.297 e. The molecule has 3 rings (SSSR count). The Balaban J connectivity index is 2.08. The fourth-order valence-electron chi connectivity index (χ4n) is 3.04. The van der Waals surface area contributed by atoms with E-state index in [1.54, 1.807) is 11.8 Å². The molecule has 1 heterocycles. The molecule has 5 heteroatoms. The van der Waals surface area contributed by atoms with Gasteiger partial charge in [0.15, 0.2) is 0 Å². The molecule has 0 spiro atoms. The van der Waals surface area contributed by atoms with Crippen LogP contribution in [0.5, 0.6) is 0 Å². The molecule has 2 aromatic rings. The molecular weight excluding hydrogens is 320 g/mol. The maximum absolute atomic E-state index is 11.8. The Morgan fingerprint density at radius 1 is 1.00 bits per heavy atom. The second-order valence-corrected chi connectivity index (χ2v) is 7.26. The van der Waals surface area contributed by atoms with E-state index in [2.05, 4.69) is 12.1 Å². The van der Waals surface area contributed by atoms with E-state index in [1.165, 1.54) is 0 Å². The Morgan fingerprint density at radius 3 is 2.12 bits per heavy atom. The molecule has 1 aliphatic heterocycles. The topological polar surface area (TPSA) is 46.4 Å². The molecule has 0 amide bonds. The minimum absolute atomic E-state index is 0.131. The number of hydrogen-bond acceptors (Lipinski definition) is 4. The first-order chi connectivity index (χ1) is 11.6. The van der Waals surface area contributed by atoms with Gasteiger partial charge in [0.05, 0.1) is 6.04 Å². The van der Waals surface area contributed by atoms with Crippen LogP contribution < -0.4 is 0 Å². The van der Waals surface area contributed by atoms with Crippen LogP contribution in [-0.4, -0.2) is 36.0 Å². The third-order valence-corrected chi connectivity index (χ3v) is 5.69. The summed E-state index contributed by atoms with van der Waals surface area (Å²) in [7, 11) is 3.80. The molecule has 2 aromatic carbocycles. The van der Waals surface area contributed by atoms with Gasteiger partial charge in [-0.2, -0.15) is 0 Å². The number of thioether (sulfide) groups is 1. The minimum atomic E-state index is -0.681. The highest BCUT2D eigenvalue weighted by molar-refractivity contribution is 8.08. The Kier molecular flexibility index (Phi) is 5.02. The van der Waals surface area contributed by atoms with Crippen molar-refractivity contribution in [2.45, 2.75) is 17.3 Å². The highest BCUT2D eigenvalue weighted by Gasteiger charge is 2.44. The fraction of sp³-hybridized carbons (Fsp3) is 0.263. The van der Waals surface area contributed by atoms with Crippen molar-refractivity contribution < 1.29 is 4.92 Å². The first-order valence-corrected chi connectivity index (χ1v) is 8.74. The summed E-state index contributed by atoms with van der Waals surface area (Å²) in [5.74, 6) is 0. The van der Waals surface area contributed by atoms with Crippen molar-refractivity contribution in [3.8, 4) is 0 Å². The van der Waals surface area contributed by atoms with Gasteiger partial charge in [-0.3, -0.25) is 15.0 Å². The molecule has 124 valence electrons. The van der Waals surface area contributed by atoms with E-state index in [0.717, 1.165) is 16.0 Å². The fourth-order valence-corrected chi connectivity index (χ4v) is 4.50. The molecule has 0 bridgehead atoms. The smallest absolute Gasteiger partial charge is 0.247 e. The summed E-state index contributed by atoms with van der Waals surface area (Å²) in [6.07, 6.45) is 2.03. The molecule has 3 atom stereocenters. The van der Waals surface area contributed by atoms with Gasteiger partial charge in [-0.25, -0.2) is 0 Å². The predicted molar refractivity (Wildman–Crippen MR) is 99.5 cm³/mol. The van der Waals surface area contributed by atoms with Crippen molar-refractivity contribution in [3.63, 3.8) is 0 Å².